The molecule has 0 fully saturated rings. The molecule has 0 aliphatic heterocycles. The molecule has 3 heteroatoms. The largest absolute Gasteiger partial charge is 0.486 e. The van der Waals surface area contributed by atoms with E-state index < -0.39 is 0 Å². The summed E-state index contributed by atoms with van der Waals surface area (Å²) in [5, 5.41) is 0. The Morgan fingerprint density at radius 3 is 2.19 bits per heavy atom. The van der Waals surface area contributed by atoms with Crippen molar-refractivity contribution < 1.29 is 4.74 Å². The number of imidazole rings is 1. The van der Waals surface area contributed by atoms with Gasteiger partial charge in [0.2, 0.25) is 0 Å². The first-order chi connectivity index (χ1) is 14.8. The predicted octanol–water partition coefficient (Wildman–Crippen LogP) is 7.08. The quantitative estimate of drug-likeness (QED) is 0.338. The molecule has 0 saturated heterocycles. The van der Waals surface area contributed by atoms with Gasteiger partial charge in [0, 0.05) is 6.54 Å². The van der Waals surface area contributed by atoms with Gasteiger partial charge >= 0.3 is 0 Å². The summed E-state index contributed by atoms with van der Waals surface area (Å²) < 4.78 is 8.40. The molecule has 0 saturated carbocycles. The molecule has 4 rings (SSSR count). The molecule has 1 aromatic heterocycles. The average Bonchev–Trinajstić information content (AvgIpc) is 3.10. The van der Waals surface area contributed by atoms with Gasteiger partial charge in [-0.1, -0.05) is 83.1 Å². The van der Waals surface area contributed by atoms with Crippen LogP contribution in [0, 0.1) is 0 Å². The van der Waals surface area contributed by atoms with Crippen molar-refractivity contribution >= 4 is 11.0 Å². The van der Waals surface area contributed by atoms with Crippen LogP contribution in [0.3, 0.4) is 0 Å². The van der Waals surface area contributed by atoms with Gasteiger partial charge in [-0.05, 0) is 52.3 Å². The average molecular weight is 413 g/mol. The Hall–Kier alpha value is -3.07. The second-order valence-electron chi connectivity index (χ2n) is 9.56. The monoisotopic (exact) mass is 412 g/mol. The Labute approximate surface area is 185 Å². The highest BCUT2D eigenvalue weighted by Gasteiger charge is 2.14. The number of hydrogen-bond acceptors (Lipinski definition) is 2. The van der Waals surface area contributed by atoms with Crippen molar-refractivity contribution in [3.63, 3.8) is 0 Å². The minimum atomic E-state index is 0.137. The van der Waals surface area contributed by atoms with Crippen molar-refractivity contribution in [2.24, 2.45) is 0 Å². The van der Waals surface area contributed by atoms with Gasteiger partial charge in [0.15, 0.2) is 0 Å². The van der Waals surface area contributed by atoms with Gasteiger partial charge in [-0.15, -0.1) is 0 Å². The summed E-state index contributed by atoms with van der Waals surface area (Å²) in [6.07, 6.45) is 0. The van der Waals surface area contributed by atoms with Gasteiger partial charge in [-0.3, -0.25) is 0 Å². The second kappa shape index (κ2) is 8.58. The number of rotatable bonds is 6. The molecule has 0 aliphatic rings. The highest BCUT2D eigenvalue weighted by Crippen LogP contribution is 2.25. The number of para-hydroxylation sites is 2. The fraction of sp³-hybridized carbons (Fsp3) is 0.321. The molecule has 1 heterocycles. The summed E-state index contributed by atoms with van der Waals surface area (Å²) in [6, 6.07) is 25.6. The summed E-state index contributed by atoms with van der Waals surface area (Å²) in [5.74, 6) is 2.35. The maximum Gasteiger partial charge on any atom is 0.148 e. The first-order valence-electron chi connectivity index (χ1n) is 11.1. The van der Waals surface area contributed by atoms with Gasteiger partial charge in [0.1, 0.15) is 18.2 Å². The van der Waals surface area contributed by atoms with Crippen molar-refractivity contribution in [3.05, 3.63) is 95.3 Å². The molecule has 0 aliphatic carbocycles. The van der Waals surface area contributed by atoms with E-state index in [1.807, 2.05) is 6.07 Å². The van der Waals surface area contributed by atoms with Crippen LogP contribution in [0.2, 0.25) is 0 Å². The topological polar surface area (TPSA) is 27.1 Å². The lowest BCUT2D eigenvalue weighted by molar-refractivity contribution is 0.291. The van der Waals surface area contributed by atoms with Crippen molar-refractivity contribution in [3.8, 4) is 5.75 Å². The third-order valence-corrected chi connectivity index (χ3v) is 5.81. The molecule has 0 amide bonds. The molecule has 3 aromatic carbocycles. The molecule has 0 bridgehead atoms. The summed E-state index contributed by atoms with van der Waals surface area (Å²) in [6.45, 7) is 12.3. The van der Waals surface area contributed by atoms with Gasteiger partial charge in [-0.2, -0.15) is 0 Å². The molecular formula is C28H32N2O. The Morgan fingerprint density at radius 2 is 1.55 bits per heavy atom. The van der Waals surface area contributed by atoms with Crippen molar-refractivity contribution in [2.45, 2.75) is 59.1 Å². The highest BCUT2D eigenvalue weighted by molar-refractivity contribution is 5.76. The van der Waals surface area contributed by atoms with E-state index in [9.17, 15) is 0 Å². The van der Waals surface area contributed by atoms with Crippen molar-refractivity contribution in [1.29, 1.82) is 0 Å². The molecule has 0 radical (unpaired) electrons. The van der Waals surface area contributed by atoms with Crippen LogP contribution in [0.4, 0.5) is 0 Å². The number of nitrogens with zero attached hydrogens (tertiary/aromatic N) is 2. The van der Waals surface area contributed by atoms with Crippen LogP contribution < -0.4 is 4.74 Å². The second-order valence-corrected chi connectivity index (χ2v) is 9.56. The van der Waals surface area contributed by atoms with E-state index in [4.69, 9.17) is 9.72 Å². The zero-order valence-corrected chi connectivity index (χ0v) is 19.2. The number of fused-ring (bicyclic) bond motifs is 1. The fourth-order valence-electron chi connectivity index (χ4n) is 3.80. The number of hydrogen-bond donors (Lipinski definition) is 0. The van der Waals surface area contributed by atoms with Gasteiger partial charge in [0.05, 0.1) is 11.0 Å². The van der Waals surface area contributed by atoms with E-state index in [0.717, 1.165) is 29.2 Å². The summed E-state index contributed by atoms with van der Waals surface area (Å²) in [5.41, 5.74) is 6.21. The Kier molecular flexibility index (Phi) is 5.86. The highest BCUT2D eigenvalue weighted by atomic mass is 16.5. The van der Waals surface area contributed by atoms with Gasteiger partial charge < -0.3 is 9.30 Å². The molecule has 0 unspecified atom stereocenters. The zero-order chi connectivity index (χ0) is 22.0. The van der Waals surface area contributed by atoms with E-state index >= 15 is 0 Å². The van der Waals surface area contributed by atoms with Gasteiger partial charge in [-0.25, -0.2) is 4.98 Å². The summed E-state index contributed by atoms with van der Waals surface area (Å²) in [4.78, 5) is 4.86. The fourth-order valence-corrected chi connectivity index (χ4v) is 3.80. The molecule has 4 aromatic rings. The van der Waals surface area contributed by atoms with Crippen LogP contribution in [0.5, 0.6) is 5.75 Å². The number of aromatic nitrogens is 2. The zero-order valence-electron chi connectivity index (χ0n) is 19.2. The molecule has 31 heavy (non-hydrogen) atoms. The van der Waals surface area contributed by atoms with Crippen LogP contribution in [-0.4, -0.2) is 9.55 Å². The van der Waals surface area contributed by atoms with E-state index in [-0.39, 0.29) is 5.41 Å². The molecule has 0 atom stereocenters. The standard InChI is InChI=1S/C28H32N2O/c1-20(2)22-12-10-21(11-13-22)18-30-26-9-7-6-8-25(26)29-27(30)19-31-24-16-14-23(15-17-24)28(3,4)5/h6-17,20H,18-19H2,1-5H3. The predicted molar refractivity (Wildman–Crippen MR) is 129 cm³/mol. The van der Waals surface area contributed by atoms with Crippen LogP contribution in [0.1, 0.15) is 63.1 Å². The normalized spacial score (nSPS) is 11.9. The SMILES string of the molecule is CC(C)c1ccc(Cn2c(COc3ccc(C(C)(C)C)cc3)nc3ccccc32)cc1. The Bertz CT molecular complexity index is 1150. The molecule has 0 spiro atoms. The van der Waals surface area contributed by atoms with E-state index in [1.165, 1.54) is 16.7 Å². The minimum absolute atomic E-state index is 0.137. The van der Waals surface area contributed by atoms with Crippen LogP contribution in [-0.2, 0) is 18.6 Å². The third kappa shape index (κ3) is 4.82. The van der Waals surface area contributed by atoms with E-state index in [1.54, 1.807) is 0 Å². The van der Waals surface area contributed by atoms with E-state index in [2.05, 4.69) is 106 Å². The maximum atomic E-state index is 6.13. The van der Waals surface area contributed by atoms with E-state index in [0.29, 0.717) is 12.5 Å². The van der Waals surface area contributed by atoms with Crippen molar-refractivity contribution in [2.75, 3.05) is 0 Å². The molecular weight excluding hydrogens is 380 g/mol. The maximum absolute atomic E-state index is 6.13. The van der Waals surface area contributed by atoms with Gasteiger partial charge in [0.25, 0.3) is 0 Å². The Morgan fingerprint density at radius 1 is 0.871 bits per heavy atom. The lowest BCUT2D eigenvalue weighted by atomic mass is 9.87. The lowest BCUT2D eigenvalue weighted by Crippen LogP contribution is -2.11. The first-order valence-corrected chi connectivity index (χ1v) is 11.1. The van der Waals surface area contributed by atoms with Crippen molar-refractivity contribution in [1.82, 2.24) is 9.55 Å². The molecule has 160 valence electrons. The first kappa shape index (κ1) is 21.2. The smallest absolute Gasteiger partial charge is 0.148 e. The molecule has 0 N–H and O–H groups in total. The lowest BCUT2D eigenvalue weighted by Gasteiger charge is -2.19. The molecule has 3 nitrogen and oxygen atoms in total. The van der Waals surface area contributed by atoms with Crippen LogP contribution >= 0.6 is 0 Å². The minimum Gasteiger partial charge on any atom is -0.486 e. The van der Waals surface area contributed by atoms with Crippen LogP contribution in [0.25, 0.3) is 11.0 Å². The summed E-state index contributed by atoms with van der Waals surface area (Å²) >= 11 is 0. The number of benzene rings is 3. The third-order valence-electron chi connectivity index (χ3n) is 5.81. The number of ether oxygens (including phenoxy) is 1. The summed E-state index contributed by atoms with van der Waals surface area (Å²) in [7, 11) is 0. The Balaban J connectivity index is 1.57. The van der Waals surface area contributed by atoms with Crippen LogP contribution in [0.15, 0.2) is 72.8 Å².